The van der Waals surface area contributed by atoms with E-state index >= 15 is 0 Å². The first-order valence-electron chi connectivity index (χ1n) is 6.19. The lowest BCUT2D eigenvalue weighted by atomic mass is 10.1. The Bertz CT molecular complexity index is 773. The number of carbonyl (C=O) groups excluding carboxylic acids is 2. The third kappa shape index (κ3) is 3.80. The van der Waals surface area contributed by atoms with Gasteiger partial charge in [0, 0.05) is 6.92 Å². The summed E-state index contributed by atoms with van der Waals surface area (Å²) in [4.78, 5) is 37.3. The van der Waals surface area contributed by atoms with Gasteiger partial charge in [-0.15, -0.1) is 0 Å². The largest absolute Gasteiger partial charge is 0.493 e. The van der Waals surface area contributed by atoms with E-state index in [9.17, 15) is 19.7 Å². The lowest BCUT2D eigenvalue weighted by molar-refractivity contribution is -0.380. The van der Waals surface area contributed by atoms with Crippen molar-refractivity contribution < 1.29 is 24.0 Å². The Morgan fingerprint density at radius 3 is 2.70 bits per heavy atom. The third-order valence-electron chi connectivity index (χ3n) is 2.58. The number of aromatic nitrogens is 1. The zero-order valence-electron chi connectivity index (χ0n) is 12.1. The van der Waals surface area contributed by atoms with Crippen LogP contribution in [0.4, 0.5) is 10.1 Å². The number of rotatable bonds is 5. The first kappa shape index (κ1) is 16.4. The number of nitrogens with one attached hydrogen (secondary N) is 1. The fourth-order valence-electron chi connectivity index (χ4n) is 1.68. The maximum absolute atomic E-state index is 12.3. The number of methoxy groups -OCH3 is 1. The predicted octanol–water partition coefficient (Wildman–Crippen LogP) is 2.24. The topological polar surface area (TPSA) is 121 Å². The molecule has 0 aliphatic rings. The lowest BCUT2D eigenvalue weighted by Gasteiger charge is -2.12. The summed E-state index contributed by atoms with van der Waals surface area (Å²) in [7, 11) is 1.37. The normalized spacial score (nSPS) is 10.0. The number of hydrogen-bond acceptors (Lipinski definition) is 8. The summed E-state index contributed by atoms with van der Waals surface area (Å²) in [6.07, 6.45) is 1.04. The predicted molar refractivity (Wildman–Crippen MR) is 81.0 cm³/mol. The quantitative estimate of drug-likeness (QED) is 0.384. The number of esters is 1. The molecule has 0 atom stereocenters. The van der Waals surface area contributed by atoms with Crippen molar-refractivity contribution in [1.29, 1.82) is 0 Å². The molecule has 1 heterocycles. The Balaban J connectivity index is 2.30. The molecule has 0 saturated carbocycles. The van der Waals surface area contributed by atoms with Crippen LogP contribution in [0.5, 0.6) is 11.5 Å². The molecule has 0 bridgehead atoms. The molecule has 0 unspecified atom stereocenters. The summed E-state index contributed by atoms with van der Waals surface area (Å²) in [5, 5.41) is 12.9. The molecule has 0 saturated heterocycles. The van der Waals surface area contributed by atoms with Crippen molar-refractivity contribution in [2.75, 3.05) is 12.4 Å². The van der Waals surface area contributed by atoms with Gasteiger partial charge in [-0.2, -0.15) is 0 Å². The molecule has 10 heteroatoms. The molecule has 0 fully saturated rings. The molecule has 1 aromatic carbocycles. The molecule has 0 radical (unpaired) electrons. The van der Waals surface area contributed by atoms with Crippen LogP contribution in [0.2, 0.25) is 0 Å². The second-order valence-corrected chi connectivity index (χ2v) is 5.15. The number of nitrogens with zero attached hydrogens (tertiary/aromatic N) is 2. The van der Waals surface area contributed by atoms with E-state index in [0.717, 1.165) is 6.20 Å². The molecule has 1 aromatic heterocycles. The van der Waals surface area contributed by atoms with E-state index in [4.69, 9.17) is 9.47 Å². The van der Waals surface area contributed by atoms with Crippen LogP contribution in [0.25, 0.3) is 0 Å². The zero-order chi connectivity index (χ0) is 17.0. The van der Waals surface area contributed by atoms with Gasteiger partial charge in [0.2, 0.25) is 0 Å². The number of nitro groups is 1. The standard InChI is InChI=1S/C13H11N3O6S/c1-7(17)22-11-8(4-3-5-9(11)21-2)12(18)15-13-14-6-10(23-13)16(19)20/h3-6H,1-2H3,(H,14,15,18). The maximum Gasteiger partial charge on any atom is 0.345 e. The minimum Gasteiger partial charge on any atom is -0.493 e. The van der Waals surface area contributed by atoms with Gasteiger partial charge in [0.15, 0.2) is 16.6 Å². The Hall–Kier alpha value is -3.01. The van der Waals surface area contributed by atoms with E-state index in [1.54, 1.807) is 6.07 Å². The van der Waals surface area contributed by atoms with Crippen molar-refractivity contribution in [2.45, 2.75) is 6.92 Å². The van der Waals surface area contributed by atoms with Gasteiger partial charge in [0.05, 0.1) is 17.6 Å². The van der Waals surface area contributed by atoms with Crippen LogP contribution in [0.3, 0.4) is 0 Å². The van der Waals surface area contributed by atoms with Gasteiger partial charge in [-0.1, -0.05) is 6.07 Å². The number of para-hydroxylation sites is 1. The Labute approximate surface area is 134 Å². The summed E-state index contributed by atoms with van der Waals surface area (Å²) in [6.45, 7) is 1.19. The SMILES string of the molecule is COc1cccc(C(=O)Nc2ncc([N+](=O)[O-])s2)c1OC(C)=O. The smallest absolute Gasteiger partial charge is 0.345 e. The fraction of sp³-hybridized carbons (Fsp3) is 0.154. The first-order chi connectivity index (χ1) is 10.9. The number of amides is 1. The maximum atomic E-state index is 12.3. The average molecular weight is 337 g/mol. The molecule has 23 heavy (non-hydrogen) atoms. The Kier molecular flexibility index (Phi) is 4.86. The van der Waals surface area contributed by atoms with Crippen LogP contribution in [0.1, 0.15) is 17.3 Å². The molecule has 0 aliphatic carbocycles. The second kappa shape index (κ2) is 6.83. The van der Waals surface area contributed by atoms with Crippen molar-refractivity contribution in [1.82, 2.24) is 4.98 Å². The number of anilines is 1. The number of hydrogen-bond donors (Lipinski definition) is 1. The van der Waals surface area contributed by atoms with Crippen molar-refractivity contribution in [3.63, 3.8) is 0 Å². The van der Waals surface area contributed by atoms with E-state index in [-0.39, 0.29) is 27.2 Å². The molecule has 0 spiro atoms. The van der Waals surface area contributed by atoms with Gasteiger partial charge in [0.25, 0.3) is 5.91 Å². The van der Waals surface area contributed by atoms with Crippen molar-refractivity contribution in [2.24, 2.45) is 0 Å². The monoisotopic (exact) mass is 337 g/mol. The number of ether oxygens (including phenoxy) is 2. The second-order valence-electron chi connectivity index (χ2n) is 4.15. The molecule has 1 N–H and O–H groups in total. The van der Waals surface area contributed by atoms with Gasteiger partial charge in [-0.3, -0.25) is 25.0 Å². The highest BCUT2D eigenvalue weighted by Crippen LogP contribution is 2.32. The van der Waals surface area contributed by atoms with E-state index < -0.39 is 16.8 Å². The van der Waals surface area contributed by atoms with Crippen LogP contribution in [0.15, 0.2) is 24.4 Å². The van der Waals surface area contributed by atoms with Crippen molar-refractivity contribution in [3.05, 3.63) is 40.1 Å². The minimum absolute atomic E-state index is 0.0361. The van der Waals surface area contributed by atoms with E-state index in [1.807, 2.05) is 0 Å². The summed E-state index contributed by atoms with van der Waals surface area (Å²) < 4.78 is 10.1. The van der Waals surface area contributed by atoms with E-state index in [2.05, 4.69) is 10.3 Å². The third-order valence-corrected chi connectivity index (χ3v) is 3.45. The van der Waals surface area contributed by atoms with Crippen LogP contribution in [-0.4, -0.2) is 28.9 Å². The molecular formula is C13H11N3O6S. The van der Waals surface area contributed by atoms with Gasteiger partial charge < -0.3 is 9.47 Å². The summed E-state index contributed by atoms with van der Waals surface area (Å²) in [5.74, 6) is -1.08. The zero-order valence-corrected chi connectivity index (χ0v) is 12.9. The highest BCUT2D eigenvalue weighted by Gasteiger charge is 2.20. The van der Waals surface area contributed by atoms with Gasteiger partial charge in [0.1, 0.15) is 6.20 Å². The van der Waals surface area contributed by atoms with Gasteiger partial charge in [-0.05, 0) is 23.5 Å². The van der Waals surface area contributed by atoms with Gasteiger partial charge >= 0.3 is 11.0 Å². The molecule has 2 aromatic rings. The van der Waals surface area contributed by atoms with E-state index in [1.165, 1.54) is 26.2 Å². The molecular weight excluding hydrogens is 326 g/mol. The molecule has 2 rings (SSSR count). The minimum atomic E-state index is -0.635. The number of benzene rings is 1. The van der Waals surface area contributed by atoms with E-state index in [0.29, 0.717) is 11.3 Å². The van der Waals surface area contributed by atoms with Crippen LogP contribution < -0.4 is 14.8 Å². The summed E-state index contributed by atoms with van der Waals surface area (Å²) in [6, 6.07) is 4.51. The lowest BCUT2D eigenvalue weighted by Crippen LogP contribution is -2.15. The summed E-state index contributed by atoms with van der Waals surface area (Å²) >= 11 is 0.713. The highest BCUT2D eigenvalue weighted by molar-refractivity contribution is 7.18. The summed E-state index contributed by atoms with van der Waals surface area (Å²) in [5.41, 5.74) is 0.0393. The number of carbonyl (C=O) groups is 2. The molecule has 120 valence electrons. The Morgan fingerprint density at radius 2 is 2.13 bits per heavy atom. The number of thiazole rings is 1. The van der Waals surface area contributed by atoms with Crippen molar-refractivity contribution in [3.8, 4) is 11.5 Å². The van der Waals surface area contributed by atoms with Crippen molar-refractivity contribution >= 4 is 33.3 Å². The molecule has 9 nitrogen and oxygen atoms in total. The molecule has 1 amide bonds. The highest BCUT2D eigenvalue weighted by atomic mass is 32.1. The average Bonchev–Trinajstić information content (AvgIpc) is 2.95. The van der Waals surface area contributed by atoms with Crippen LogP contribution >= 0.6 is 11.3 Å². The molecule has 0 aliphatic heterocycles. The van der Waals surface area contributed by atoms with Crippen LogP contribution in [0, 0.1) is 10.1 Å². The Morgan fingerprint density at radius 1 is 1.39 bits per heavy atom. The van der Waals surface area contributed by atoms with Crippen LogP contribution in [-0.2, 0) is 4.79 Å². The fourth-order valence-corrected chi connectivity index (χ4v) is 2.30. The first-order valence-corrected chi connectivity index (χ1v) is 7.01. The van der Waals surface area contributed by atoms with Gasteiger partial charge in [-0.25, -0.2) is 4.98 Å².